The van der Waals surface area contributed by atoms with E-state index in [9.17, 15) is 9.59 Å². The molecule has 1 unspecified atom stereocenters. The van der Waals surface area contributed by atoms with Crippen LogP contribution < -0.4 is 15.4 Å². The first-order chi connectivity index (χ1) is 14.8. The Hall–Kier alpha value is -2.84. The zero-order valence-electron chi connectivity index (χ0n) is 17.7. The number of halogens is 1. The zero-order valence-corrected chi connectivity index (χ0v) is 18.5. The summed E-state index contributed by atoms with van der Waals surface area (Å²) in [5.41, 5.74) is 0. The molecule has 8 nitrogen and oxygen atoms in total. The highest BCUT2D eigenvalue weighted by Crippen LogP contribution is 2.27. The summed E-state index contributed by atoms with van der Waals surface area (Å²) < 4.78 is 5.76. The first-order valence-corrected chi connectivity index (χ1v) is 10.5. The highest BCUT2D eigenvalue weighted by molar-refractivity contribution is 6.32. The molecule has 0 aromatic heterocycles. The predicted octanol–water partition coefficient (Wildman–Crippen LogP) is 2.44. The van der Waals surface area contributed by atoms with Crippen molar-refractivity contribution in [1.29, 1.82) is 5.41 Å². The second-order valence-electron chi connectivity index (χ2n) is 7.52. The van der Waals surface area contributed by atoms with Crippen molar-refractivity contribution in [2.45, 2.75) is 32.7 Å². The van der Waals surface area contributed by atoms with Gasteiger partial charge in [-0.1, -0.05) is 37.6 Å². The van der Waals surface area contributed by atoms with Crippen LogP contribution in [0, 0.1) is 11.3 Å². The molecule has 0 saturated carbocycles. The van der Waals surface area contributed by atoms with E-state index in [0.717, 1.165) is 0 Å². The number of rotatable bonds is 11. The van der Waals surface area contributed by atoms with E-state index >= 15 is 0 Å². The molecule has 1 aliphatic heterocycles. The Kier molecular flexibility index (Phi) is 9.55. The van der Waals surface area contributed by atoms with Gasteiger partial charge < -0.3 is 25.4 Å². The summed E-state index contributed by atoms with van der Waals surface area (Å²) in [7, 11) is 0. The van der Waals surface area contributed by atoms with Gasteiger partial charge in [-0.15, -0.1) is 0 Å². The molecule has 168 valence electrons. The fraction of sp³-hybridized carbons (Fsp3) is 0.409. The molecule has 4 N–H and O–H groups in total. The topological polar surface area (TPSA) is 115 Å². The van der Waals surface area contributed by atoms with E-state index in [2.05, 4.69) is 10.6 Å². The van der Waals surface area contributed by atoms with E-state index in [1.165, 1.54) is 23.3 Å². The number of hydrogen-bond donors (Lipinski definition) is 4. The van der Waals surface area contributed by atoms with Gasteiger partial charge in [0.15, 0.2) is 0 Å². The largest absolute Gasteiger partial charge is 0.458 e. The first kappa shape index (κ1) is 24.4. The molecule has 31 heavy (non-hydrogen) atoms. The molecular formula is C22H29ClN4O4. The van der Waals surface area contributed by atoms with Crippen molar-refractivity contribution in [3.63, 3.8) is 0 Å². The maximum Gasteiger partial charge on any atom is 0.251 e. The van der Waals surface area contributed by atoms with Crippen molar-refractivity contribution in [3.8, 4) is 5.75 Å². The van der Waals surface area contributed by atoms with E-state index < -0.39 is 11.9 Å². The number of benzene rings is 1. The standard InChI is InChI=1S/C22H29ClN4O4/c1-15(2)12-18(22(30)26-20(24)8-10-25-9-5-11-28)27-14-16(13-21(27)29)31-19-7-4-3-6-17(19)23/h3-4,6-8,10,13,15,18,25,28H,5,9,11-12,14H2,1-2H3,(H2,24,26,30)/b10-8-. The zero-order chi connectivity index (χ0) is 22.8. The Morgan fingerprint density at radius 3 is 2.81 bits per heavy atom. The minimum atomic E-state index is -0.743. The van der Waals surface area contributed by atoms with E-state index in [-0.39, 0.29) is 30.8 Å². The van der Waals surface area contributed by atoms with E-state index in [1.807, 2.05) is 13.8 Å². The van der Waals surface area contributed by atoms with Gasteiger partial charge in [-0.2, -0.15) is 0 Å². The Balaban J connectivity index is 2.01. The molecule has 0 aliphatic carbocycles. The highest BCUT2D eigenvalue weighted by Gasteiger charge is 2.35. The molecular weight excluding hydrogens is 420 g/mol. The van der Waals surface area contributed by atoms with Gasteiger partial charge >= 0.3 is 0 Å². The van der Waals surface area contributed by atoms with E-state index in [1.54, 1.807) is 24.3 Å². The molecule has 2 rings (SSSR count). The number of nitrogens with zero attached hydrogens (tertiary/aromatic N) is 1. The number of aliphatic hydroxyl groups is 1. The molecule has 0 saturated heterocycles. The van der Waals surface area contributed by atoms with Crippen LogP contribution in [0.3, 0.4) is 0 Å². The van der Waals surface area contributed by atoms with Gasteiger partial charge in [-0.05, 0) is 37.0 Å². The van der Waals surface area contributed by atoms with Crippen LogP contribution in [0.1, 0.15) is 26.7 Å². The average molecular weight is 449 g/mol. The number of carbonyl (C=O) groups is 2. The summed E-state index contributed by atoms with van der Waals surface area (Å²) in [6.07, 6.45) is 5.34. The van der Waals surface area contributed by atoms with Crippen molar-refractivity contribution in [2.24, 2.45) is 5.92 Å². The Labute approximate surface area is 187 Å². The van der Waals surface area contributed by atoms with Gasteiger partial charge in [-0.3, -0.25) is 15.0 Å². The number of amides is 2. The summed E-state index contributed by atoms with van der Waals surface area (Å²) in [6, 6.07) is 6.22. The van der Waals surface area contributed by atoms with Crippen molar-refractivity contribution in [2.75, 3.05) is 19.7 Å². The van der Waals surface area contributed by atoms with Gasteiger partial charge in [0.05, 0.1) is 11.6 Å². The molecule has 1 aliphatic rings. The van der Waals surface area contributed by atoms with Gasteiger partial charge in [0.1, 0.15) is 23.4 Å². The first-order valence-electron chi connectivity index (χ1n) is 10.2. The van der Waals surface area contributed by atoms with Crippen LogP contribution in [0.5, 0.6) is 5.75 Å². The van der Waals surface area contributed by atoms with Crippen LogP contribution in [0.2, 0.25) is 5.02 Å². The lowest BCUT2D eigenvalue weighted by molar-refractivity contribution is -0.135. The number of carbonyl (C=O) groups excluding carboxylic acids is 2. The van der Waals surface area contributed by atoms with Gasteiger partial charge in [0.2, 0.25) is 5.91 Å². The summed E-state index contributed by atoms with van der Waals surface area (Å²) >= 11 is 6.12. The van der Waals surface area contributed by atoms with Gasteiger partial charge in [-0.25, -0.2) is 0 Å². The molecule has 0 radical (unpaired) electrons. The minimum Gasteiger partial charge on any atom is -0.458 e. The molecule has 1 atom stereocenters. The lowest BCUT2D eigenvalue weighted by atomic mass is 10.0. The molecule has 9 heteroatoms. The van der Waals surface area contributed by atoms with Crippen molar-refractivity contribution in [3.05, 3.63) is 53.4 Å². The second kappa shape index (κ2) is 12.1. The molecule has 0 fully saturated rings. The SMILES string of the molecule is CC(C)CC(C(=O)NC(=N)/C=C\NCCCO)N1CC(Oc2ccccc2Cl)=CC1=O. The number of para-hydroxylation sites is 1. The fourth-order valence-electron chi connectivity index (χ4n) is 2.99. The lowest BCUT2D eigenvalue weighted by Crippen LogP contribution is -2.49. The quantitative estimate of drug-likeness (QED) is 0.236. The number of aliphatic hydroxyl groups excluding tert-OH is 1. The molecule has 1 aromatic carbocycles. The third-order valence-corrected chi connectivity index (χ3v) is 4.76. The summed E-state index contributed by atoms with van der Waals surface area (Å²) in [5, 5.41) is 22.6. The lowest BCUT2D eigenvalue weighted by Gasteiger charge is -2.28. The Morgan fingerprint density at radius 2 is 2.13 bits per heavy atom. The van der Waals surface area contributed by atoms with Crippen LogP contribution in [-0.4, -0.2) is 53.4 Å². The minimum absolute atomic E-state index is 0.0754. The monoisotopic (exact) mass is 448 g/mol. The van der Waals surface area contributed by atoms with Crippen LogP contribution in [-0.2, 0) is 9.59 Å². The molecule has 0 bridgehead atoms. The van der Waals surface area contributed by atoms with Crippen molar-refractivity contribution >= 4 is 29.3 Å². The summed E-state index contributed by atoms with van der Waals surface area (Å²) in [4.78, 5) is 26.9. The molecule has 0 spiro atoms. The third-order valence-electron chi connectivity index (χ3n) is 4.45. The fourth-order valence-corrected chi connectivity index (χ4v) is 3.17. The smallest absolute Gasteiger partial charge is 0.251 e. The third kappa shape index (κ3) is 7.73. The number of hydrogen-bond acceptors (Lipinski definition) is 6. The Bertz CT molecular complexity index is 854. The van der Waals surface area contributed by atoms with E-state index in [0.29, 0.717) is 35.9 Å². The number of ether oxygens (including phenoxy) is 1. The van der Waals surface area contributed by atoms with Crippen LogP contribution in [0.15, 0.2) is 48.4 Å². The van der Waals surface area contributed by atoms with Gasteiger partial charge in [0.25, 0.3) is 5.91 Å². The highest BCUT2D eigenvalue weighted by atomic mass is 35.5. The van der Waals surface area contributed by atoms with Crippen molar-refractivity contribution < 1.29 is 19.4 Å². The maximum atomic E-state index is 12.9. The van der Waals surface area contributed by atoms with Crippen molar-refractivity contribution in [1.82, 2.24) is 15.5 Å². The number of amidine groups is 1. The van der Waals surface area contributed by atoms with Crippen LogP contribution in [0.4, 0.5) is 0 Å². The molecule has 1 heterocycles. The maximum absolute atomic E-state index is 12.9. The van der Waals surface area contributed by atoms with Crippen LogP contribution >= 0.6 is 11.6 Å². The molecule has 2 amide bonds. The van der Waals surface area contributed by atoms with E-state index in [4.69, 9.17) is 26.9 Å². The Morgan fingerprint density at radius 1 is 1.39 bits per heavy atom. The molecule has 1 aromatic rings. The van der Waals surface area contributed by atoms with Crippen LogP contribution in [0.25, 0.3) is 0 Å². The summed E-state index contributed by atoms with van der Waals surface area (Å²) in [6.45, 7) is 4.70. The normalized spacial score (nSPS) is 14.7. The second-order valence-corrected chi connectivity index (χ2v) is 7.93. The predicted molar refractivity (Wildman–Crippen MR) is 120 cm³/mol. The van der Waals surface area contributed by atoms with Gasteiger partial charge in [0, 0.05) is 25.4 Å². The number of nitrogens with one attached hydrogen (secondary N) is 3. The average Bonchev–Trinajstić information content (AvgIpc) is 3.07. The summed E-state index contributed by atoms with van der Waals surface area (Å²) in [5.74, 6) is 0.151.